The summed E-state index contributed by atoms with van der Waals surface area (Å²) in [6.07, 6.45) is -0.539. The molecule has 0 N–H and O–H groups in total. The Balaban J connectivity index is 1.94. The van der Waals surface area contributed by atoms with Crippen molar-refractivity contribution in [3.8, 4) is 0 Å². The van der Waals surface area contributed by atoms with Crippen LogP contribution in [0.3, 0.4) is 0 Å². The molecule has 2 fully saturated rings. The molecule has 10 nitrogen and oxygen atoms in total. The lowest BCUT2D eigenvalue weighted by molar-refractivity contribution is -0.215. The first kappa shape index (κ1) is 13.6. The molecular formula is C10H8N2O8. The molecule has 0 spiro atoms. The number of carbonyl (C=O) groups is 6. The molecule has 0 unspecified atom stereocenters. The lowest BCUT2D eigenvalue weighted by Crippen LogP contribution is -2.39. The van der Waals surface area contributed by atoms with Crippen molar-refractivity contribution < 1.29 is 38.4 Å². The van der Waals surface area contributed by atoms with Gasteiger partial charge >= 0.3 is 11.9 Å². The van der Waals surface area contributed by atoms with Crippen molar-refractivity contribution in [2.45, 2.75) is 25.7 Å². The number of rotatable bonds is 2. The normalized spacial score (nSPS) is 18.8. The standard InChI is InChI=1S/C10H8N2O8/c13-5-1-2-6(14)11(5)19-9(17)10(18)20-12-7(15)3-4-8(12)16/h1-4H2. The second-order valence-corrected chi connectivity index (χ2v) is 3.92. The Hall–Kier alpha value is -2.78. The molecule has 2 rings (SSSR count). The number of carbonyl (C=O) groups excluding carboxylic acids is 6. The molecular weight excluding hydrogens is 276 g/mol. The van der Waals surface area contributed by atoms with E-state index in [1.165, 1.54) is 0 Å². The Morgan fingerprint density at radius 2 is 0.900 bits per heavy atom. The molecule has 0 aromatic carbocycles. The second-order valence-electron chi connectivity index (χ2n) is 3.92. The van der Waals surface area contributed by atoms with Gasteiger partial charge in [-0.05, 0) is 0 Å². The highest BCUT2D eigenvalue weighted by molar-refractivity contribution is 6.30. The van der Waals surface area contributed by atoms with Crippen LogP contribution >= 0.6 is 0 Å². The number of hydroxylamine groups is 4. The van der Waals surface area contributed by atoms with Crippen molar-refractivity contribution in [3.63, 3.8) is 0 Å². The highest BCUT2D eigenvalue weighted by Gasteiger charge is 2.38. The minimum absolute atomic E-state index is 0.135. The molecule has 10 heteroatoms. The molecule has 106 valence electrons. The first-order chi connectivity index (χ1) is 9.40. The average Bonchev–Trinajstić information content (AvgIpc) is 2.88. The van der Waals surface area contributed by atoms with Crippen LogP contribution in [-0.4, -0.2) is 45.7 Å². The van der Waals surface area contributed by atoms with Gasteiger partial charge in [0, 0.05) is 25.7 Å². The molecule has 4 amide bonds. The highest BCUT2D eigenvalue weighted by Crippen LogP contribution is 2.14. The van der Waals surface area contributed by atoms with E-state index in [0.717, 1.165) is 0 Å². The number of imide groups is 2. The van der Waals surface area contributed by atoms with Gasteiger partial charge in [0.2, 0.25) is 0 Å². The van der Waals surface area contributed by atoms with Crippen LogP contribution in [0.4, 0.5) is 0 Å². The van der Waals surface area contributed by atoms with E-state index in [-0.39, 0.29) is 35.8 Å². The average molecular weight is 284 g/mol. The van der Waals surface area contributed by atoms with E-state index in [2.05, 4.69) is 9.68 Å². The van der Waals surface area contributed by atoms with Gasteiger partial charge in [0.15, 0.2) is 0 Å². The van der Waals surface area contributed by atoms with E-state index in [1.54, 1.807) is 0 Å². The summed E-state index contributed by atoms with van der Waals surface area (Å²) < 4.78 is 0. The third kappa shape index (κ3) is 2.48. The van der Waals surface area contributed by atoms with Crippen LogP contribution in [0.1, 0.15) is 25.7 Å². The fraction of sp³-hybridized carbons (Fsp3) is 0.400. The van der Waals surface area contributed by atoms with Crippen molar-refractivity contribution >= 4 is 35.6 Å². The number of hydrogen-bond donors (Lipinski definition) is 0. The number of hydrogen-bond acceptors (Lipinski definition) is 8. The minimum Gasteiger partial charge on any atom is -0.319 e. The largest absolute Gasteiger partial charge is 0.444 e. The van der Waals surface area contributed by atoms with Gasteiger partial charge in [-0.3, -0.25) is 19.2 Å². The van der Waals surface area contributed by atoms with E-state index in [1.807, 2.05) is 0 Å². The Labute approximate surface area is 111 Å². The van der Waals surface area contributed by atoms with Crippen LogP contribution < -0.4 is 0 Å². The van der Waals surface area contributed by atoms with Gasteiger partial charge in [0.25, 0.3) is 23.6 Å². The third-order valence-corrected chi connectivity index (χ3v) is 2.53. The maximum absolute atomic E-state index is 11.3. The second kappa shape index (κ2) is 5.07. The van der Waals surface area contributed by atoms with E-state index < -0.39 is 35.6 Å². The Morgan fingerprint density at radius 1 is 0.650 bits per heavy atom. The van der Waals surface area contributed by atoms with Crippen LogP contribution in [-0.2, 0) is 38.4 Å². The van der Waals surface area contributed by atoms with Crippen LogP contribution in [0.25, 0.3) is 0 Å². The van der Waals surface area contributed by atoms with Gasteiger partial charge in [-0.25, -0.2) is 9.59 Å². The Kier molecular flexibility index (Phi) is 3.46. The molecule has 2 heterocycles. The van der Waals surface area contributed by atoms with E-state index >= 15 is 0 Å². The molecule has 2 aliphatic rings. The minimum atomic E-state index is -1.68. The molecule has 2 saturated heterocycles. The maximum atomic E-state index is 11.3. The zero-order valence-corrected chi connectivity index (χ0v) is 9.99. The van der Waals surface area contributed by atoms with Gasteiger partial charge in [-0.15, -0.1) is 10.1 Å². The molecule has 0 bridgehead atoms. The first-order valence-corrected chi connectivity index (χ1v) is 5.56. The molecule has 0 atom stereocenters. The lowest BCUT2D eigenvalue weighted by atomic mass is 10.4. The number of nitrogens with zero attached hydrogens (tertiary/aromatic N) is 2. The summed E-state index contributed by atoms with van der Waals surface area (Å²) in [5.41, 5.74) is 0. The number of amides is 4. The van der Waals surface area contributed by atoms with E-state index in [0.29, 0.717) is 0 Å². The fourth-order valence-corrected chi connectivity index (χ4v) is 1.56. The van der Waals surface area contributed by atoms with Crippen molar-refractivity contribution in [1.29, 1.82) is 0 Å². The fourth-order valence-electron chi connectivity index (χ4n) is 1.56. The van der Waals surface area contributed by atoms with Crippen molar-refractivity contribution in [2.75, 3.05) is 0 Å². The molecule has 20 heavy (non-hydrogen) atoms. The molecule has 2 aliphatic heterocycles. The van der Waals surface area contributed by atoms with Gasteiger partial charge < -0.3 is 9.68 Å². The Morgan fingerprint density at radius 3 is 1.15 bits per heavy atom. The van der Waals surface area contributed by atoms with E-state index in [9.17, 15) is 28.8 Å². The summed E-state index contributed by atoms with van der Waals surface area (Å²) in [7, 11) is 0. The van der Waals surface area contributed by atoms with Crippen molar-refractivity contribution in [2.24, 2.45) is 0 Å². The quantitative estimate of drug-likeness (QED) is 0.429. The topological polar surface area (TPSA) is 127 Å². The Bertz CT molecular complexity index is 459. The van der Waals surface area contributed by atoms with Crippen LogP contribution in [0.5, 0.6) is 0 Å². The maximum Gasteiger partial charge on any atom is 0.444 e. The zero-order chi connectivity index (χ0) is 14.9. The molecule has 0 aliphatic carbocycles. The van der Waals surface area contributed by atoms with Gasteiger partial charge in [0.1, 0.15) is 0 Å². The first-order valence-electron chi connectivity index (χ1n) is 5.56. The predicted octanol–water partition coefficient (Wildman–Crippen LogP) is -1.80. The summed E-state index contributed by atoms with van der Waals surface area (Å²) in [6, 6.07) is 0. The van der Waals surface area contributed by atoms with Crippen LogP contribution in [0.2, 0.25) is 0 Å². The van der Waals surface area contributed by atoms with Crippen molar-refractivity contribution in [3.05, 3.63) is 0 Å². The third-order valence-electron chi connectivity index (χ3n) is 2.53. The lowest BCUT2D eigenvalue weighted by Gasteiger charge is -2.14. The van der Waals surface area contributed by atoms with Gasteiger partial charge in [-0.2, -0.15) is 0 Å². The smallest absolute Gasteiger partial charge is 0.319 e. The zero-order valence-electron chi connectivity index (χ0n) is 9.99. The summed E-state index contributed by atoms with van der Waals surface area (Å²) in [4.78, 5) is 75.7. The summed E-state index contributed by atoms with van der Waals surface area (Å²) in [5.74, 6) is -6.45. The van der Waals surface area contributed by atoms with Gasteiger partial charge in [0.05, 0.1) is 0 Å². The van der Waals surface area contributed by atoms with E-state index in [4.69, 9.17) is 0 Å². The summed E-state index contributed by atoms with van der Waals surface area (Å²) in [6.45, 7) is 0. The molecule has 0 saturated carbocycles. The highest BCUT2D eigenvalue weighted by atomic mass is 16.8. The monoisotopic (exact) mass is 284 g/mol. The van der Waals surface area contributed by atoms with Crippen molar-refractivity contribution in [1.82, 2.24) is 10.1 Å². The summed E-state index contributed by atoms with van der Waals surface area (Å²) >= 11 is 0. The molecule has 0 aromatic heterocycles. The predicted molar refractivity (Wildman–Crippen MR) is 54.4 cm³/mol. The SMILES string of the molecule is O=C(ON1C(=O)CCC1=O)C(=O)ON1C(=O)CCC1=O. The van der Waals surface area contributed by atoms with Crippen LogP contribution in [0.15, 0.2) is 0 Å². The van der Waals surface area contributed by atoms with Gasteiger partial charge in [-0.1, -0.05) is 0 Å². The summed E-state index contributed by atoms with van der Waals surface area (Å²) in [5, 5.41) is 0.300. The molecule has 0 radical (unpaired) electrons. The molecule has 0 aromatic rings. The van der Waals surface area contributed by atoms with Crippen LogP contribution in [0, 0.1) is 0 Å².